The first-order valence-corrected chi connectivity index (χ1v) is 8.47. The van der Waals surface area contributed by atoms with E-state index in [2.05, 4.69) is 10.2 Å². The second-order valence-corrected chi connectivity index (χ2v) is 6.03. The predicted octanol–water partition coefficient (Wildman–Crippen LogP) is 3.05. The number of hydrogen-bond acceptors (Lipinski definition) is 5. The van der Waals surface area contributed by atoms with Crippen molar-refractivity contribution in [3.8, 4) is 22.9 Å². The Morgan fingerprint density at radius 3 is 2.59 bits per heavy atom. The van der Waals surface area contributed by atoms with Crippen LogP contribution in [0.3, 0.4) is 0 Å². The summed E-state index contributed by atoms with van der Waals surface area (Å²) in [7, 11) is 1.59. The molecule has 0 aliphatic rings. The molecule has 0 radical (unpaired) electrons. The zero-order chi connectivity index (χ0) is 18.8. The molecule has 0 saturated heterocycles. The van der Waals surface area contributed by atoms with Gasteiger partial charge in [0.15, 0.2) is 0 Å². The van der Waals surface area contributed by atoms with E-state index in [4.69, 9.17) is 9.15 Å². The van der Waals surface area contributed by atoms with Gasteiger partial charge in [-0.3, -0.25) is 0 Å². The summed E-state index contributed by atoms with van der Waals surface area (Å²) in [5.41, 5.74) is 3.29. The molecule has 0 atom stereocenters. The number of hydrogen-bond donors (Lipinski definition) is 0. The Labute approximate surface area is 155 Å². The molecule has 2 heterocycles. The quantitative estimate of drug-likeness (QED) is 0.545. The third-order valence-corrected chi connectivity index (χ3v) is 4.36. The summed E-state index contributed by atoms with van der Waals surface area (Å²) in [5.74, 6) is 0.416. The van der Waals surface area contributed by atoms with E-state index in [1.807, 2.05) is 61.5 Å². The van der Waals surface area contributed by atoms with Crippen LogP contribution >= 0.6 is 0 Å². The highest BCUT2D eigenvalue weighted by molar-refractivity contribution is 5.56. The molecule has 2 aromatic carbocycles. The summed E-state index contributed by atoms with van der Waals surface area (Å²) >= 11 is 0. The van der Waals surface area contributed by atoms with Crippen molar-refractivity contribution in [1.29, 1.82) is 0 Å². The smallest absolute Gasteiger partial charge is 0.437 e. The Morgan fingerprint density at radius 1 is 1.07 bits per heavy atom. The van der Waals surface area contributed by atoms with Gasteiger partial charge in [-0.15, -0.1) is 5.10 Å². The largest absolute Gasteiger partial charge is 0.496 e. The molecule has 0 amide bonds. The summed E-state index contributed by atoms with van der Waals surface area (Å²) in [6.07, 6.45) is 1.65. The lowest BCUT2D eigenvalue weighted by Gasteiger charge is -2.06. The Balaban J connectivity index is 1.68. The van der Waals surface area contributed by atoms with Gasteiger partial charge in [0, 0.05) is 5.56 Å². The molecule has 0 bridgehead atoms. The Bertz CT molecular complexity index is 1130. The van der Waals surface area contributed by atoms with E-state index in [0.29, 0.717) is 11.3 Å². The molecule has 0 fully saturated rings. The number of rotatable bonds is 5. The monoisotopic (exact) mass is 362 g/mol. The Morgan fingerprint density at radius 2 is 1.81 bits per heavy atom. The summed E-state index contributed by atoms with van der Waals surface area (Å²) in [6.45, 7) is 2.17. The second-order valence-electron chi connectivity index (χ2n) is 6.03. The highest BCUT2D eigenvalue weighted by Gasteiger charge is 2.17. The maximum absolute atomic E-state index is 12.3. The second kappa shape index (κ2) is 6.95. The molecule has 7 heteroatoms. The van der Waals surface area contributed by atoms with Gasteiger partial charge in [0.25, 0.3) is 5.89 Å². The van der Waals surface area contributed by atoms with Crippen LogP contribution in [0.15, 0.2) is 70.0 Å². The molecule has 136 valence electrons. The van der Waals surface area contributed by atoms with E-state index in [1.54, 1.807) is 18.0 Å². The van der Waals surface area contributed by atoms with Gasteiger partial charge < -0.3 is 9.15 Å². The van der Waals surface area contributed by atoms with Crippen molar-refractivity contribution < 1.29 is 9.15 Å². The maximum Gasteiger partial charge on any atom is 0.437 e. The van der Waals surface area contributed by atoms with Crippen molar-refractivity contribution in [1.82, 2.24) is 19.6 Å². The predicted molar refractivity (Wildman–Crippen MR) is 100 cm³/mol. The van der Waals surface area contributed by atoms with Crippen molar-refractivity contribution in [3.05, 3.63) is 82.6 Å². The summed E-state index contributed by atoms with van der Waals surface area (Å²) in [4.78, 5) is 12.3. The van der Waals surface area contributed by atoms with E-state index in [1.165, 1.54) is 4.68 Å². The molecule has 0 saturated carbocycles. The molecular formula is C20H18N4O3. The number of aromatic nitrogens is 4. The fourth-order valence-electron chi connectivity index (χ4n) is 2.96. The van der Waals surface area contributed by atoms with Crippen LogP contribution in [0.25, 0.3) is 17.1 Å². The number of methoxy groups -OCH3 is 1. The molecule has 4 aromatic rings. The van der Waals surface area contributed by atoms with Gasteiger partial charge in [0.05, 0.1) is 36.8 Å². The van der Waals surface area contributed by atoms with Gasteiger partial charge in [0.2, 0.25) is 0 Å². The fraction of sp³-hybridized carbons (Fsp3) is 0.150. The van der Waals surface area contributed by atoms with E-state index in [0.717, 1.165) is 16.9 Å². The minimum Gasteiger partial charge on any atom is -0.496 e. The first-order valence-electron chi connectivity index (χ1n) is 8.47. The topological polar surface area (TPSA) is 75.1 Å². The molecule has 0 spiro atoms. The molecule has 27 heavy (non-hydrogen) atoms. The summed E-state index contributed by atoms with van der Waals surface area (Å²) in [6, 6.07) is 17.2. The van der Waals surface area contributed by atoms with Crippen molar-refractivity contribution in [2.75, 3.05) is 7.11 Å². The normalized spacial score (nSPS) is 10.9. The van der Waals surface area contributed by atoms with Crippen molar-refractivity contribution in [3.63, 3.8) is 0 Å². The Hall–Kier alpha value is -3.61. The molecule has 0 aliphatic heterocycles. The first-order chi connectivity index (χ1) is 13.2. The first kappa shape index (κ1) is 16.8. The van der Waals surface area contributed by atoms with Gasteiger partial charge in [-0.25, -0.2) is 9.48 Å². The van der Waals surface area contributed by atoms with E-state index in [-0.39, 0.29) is 12.4 Å². The standard InChI is InChI=1S/C20H18N4O3/c1-14-17(12-21-24(14)16-9-4-3-5-10-16)19-22-23(20(25)27-19)13-15-8-6-7-11-18(15)26-2/h3-12H,13H2,1-2H3. The zero-order valence-corrected chi connectivity index (χ0v) is 15.0. The molecule has 7 nitrogen and oxygen atoms in total. The van der Waals surface area contributed by atoms with Crippen molar-refractivity contribution in [2.24, 2.45) is 0 Å². The van der Waals surface area contributed by atoms with Crippen LogP contribution in [0, 0.1) is 6.92 Å². The molecule has 2 aromatic heterocycles. The minimum absolute atomic E-state index is 0.245. The number of ether oxygens (including phenoxy) is 1. The fourth-order valence-corrected chi connectivity index (χ4v) is 2.96. The van der Waals surface area contributed by atoms with Gasteiger partial charge >= 0.3 is 5.76 Å². The van der Waals surface area contributed by atoms with E-state index < -0.39 is 5.76 Å². The van der Waals surface area contributed by atoms with Crippen LogP contribution < -0.4 is 10.5 Å². The molecule has 0 aliphatic carbocycles. The third kappa shape index (κ3) is 3.15. The highest BCUT2D eigenvalue weighted by Crippen LogP contribution is 2.23. The molecule has 0 unspecified atom stereocenters. The lowest BCUT2D eigenvalue weighted by molar-refractivity contribution is 0.405. The number of benzene rings is 2. The van der Waals surface area contributed by atoms with Crippen LogP contribution in [0.1, 0.15) is 11.3 Å². The van der Waals surface area contributed by atoms with E-state index >= 15 is 0 Å². The average Bonchev–Trinajstić information content (AvgIpc) is 3.25. The van der Waals surface area contributed by atoms with Gasteiger partial charge in [0.1, 0.15) is 5.75 Å². The van der Waals surface area contributed by atoms with Crippen LogP contribution in [0.5, 0.6) is 5.75 Å². The number of para-hydroxylation sites is 2. The Kier molecular flexibility index (Phi) is 4.33. The van der Waals surface area contributed by atoms with Crippen LogP contribution in [-0.2, 0) is 6.54 Å². The lowest BCUT2D eigenvalue weighted by Crippen LogP contribution is -2.16. The van der Waals surface area contributed by atoms with E-state index in [9.17, 15) is 4.79 Å². The van der Waals surface area contributed by atoms with Crippen LogP contribution in [-0.4, -0.2) is 26.7 Å². The highest BCUT2D eigenvalue weighted by atomic mass is 16.5. The van der Waals surface area contributed by atoms with Gasteiger partial charge in [-0.2, -0.15) is 9.78 Å². The minimum atomic E-state index is -0.525. The van der Waals surface area contributed by atoms with Crippen molar-refractivity contribution in [2.45, 2.75) is 13.5 Å². The average molecular weight is 362 g/mol. The van der Waals surface area contributed by atoms with Crippen molar-refractivity contribution >= 4 is 0 Å². The summed E-state index contributed by atoms with van der Waals surface area (Å²) in [5, 5.41) is 8.75. The maximum atomic E-state index is 12.3. The molecule has 4 rings (SSSR count). The SMILES string of the molecule is COc1ccccc1Cn1nc(-c2cnn(-c3ccccc3)c2C)oc1=O. The summed E-state index contributed by atoms with van der Waals surface area (Å²) < 4.78 is 13.8. The molecule has 0 N–H and O–H groups in total. The zero-order valence-electron chi connectivity index (χ0n) is 15.0. The van der Waals surface area contributed by atoms with Gasteiger partial charge in [-0.1, -0.05) is 36.4 Å². The van der Waals surface area contributed by atoms with Gasteiger partial charge in [-0.05, 0) is 25.1 Å². The molecular weight excluding hydrogens is 344 g/mol. The van der Waals surface area contributed by atoms with Crippen LogP contribution in [0.4, 0.5) is 0 Å². The number of nitrogens with zero attached hydrogens (tertiary/aromatic N) is 4. The lowest BCUT2D eigenvalue weighted by atomic mass is 10.2. The van der Waals surface area contributed by atoms with Crippen LogP contribution in [0.2, 0.25) is 0 Å². The third-order valence-electron chi connectivity index (χ3n) is 4.36.